The van der Waals surface area contributed by atoms with Crippen molar-refractivity contribution >= 4 is 17.6 Å². The van der Waals surface area contributed by atoms with Crippen molar-refractivity contribution in [2.75, 3.05) is 26.1 Å². The standard InChI is InChI=1S/C11H13NO4/c1-12(2)9-7(10(13)14)5-4-6-8(9)11(15)16-3/h4-6H,1-3H3,(H,13,14). The first-order valence-electron chi connectivity index (χ1n) is 4.61. The van der Waals surface area contributed by atoms with Gasteiger partial charge in [-0.25, -0.2) is 9.59 Å². The average molecular weight is 223 g/mol. The Balaban J connectivity index is 3.44. The van der Waals surface area contributed by atoms with Crippen molar-refractivity contribution in [2.45, 2.75) is 0 Å². The fraction of sp³-hybridized carbons (Fsp3) is 0.273. The van der Waals surface area contributed by atoms with Gasteiger partial charge in [-0.3, -0.25) is 0 Å². The van der Waals surface area contributed by atoms with Crippen molar-refractivity contribution in [3.8, 4) is 0 Å². The molecule has 0 aliphatic rings. The summed E-state index contributed by atoms with van der Waals surface area (Å²) < 4.78 is 4.60. The highest BCUT2D eigenvalue weighted by atomic mass is 16.5. The zero-order valence-electron chi connectivity index (χ0n) is 9.35. The van der Waals surface area contributed by atoms with Crippen LogP contribution in [0.3, 0.4) is 0 Å². The minimum atomic E-state index is -1.07. The second kappa shape index (κ2) is 4.65. The summed E-state index contributed by atoms with van der Waals surface area (Å²) in [5, 5.41) is 9.01. The van der Waals surface area contributed by atoms with Crippen LogP contribution in [-0.4, -0.2) is 38.3 Å². The fourth-order valence-corrected chi connectivity index (χ4v) is 1.47. The molecule has 0 spiro atoms. The number of aromatic carboxylic acids is 1. The van der Waals surface area contributed by atoms with Crippen LogP contribution in [0.2, 0.25) is 0 Å². The van der Waals surface area contributed by atoms with Gasteiger partial charge >= 0.3 is 11.9 Å². The second-order valence-electron chi connectivity index (χ2n) is 3.39. The lowest BCUT2D eigenvalue weighted by Gasteiger charge is -2.18. The number of esters is 1. The number of hydrogen-bond donors (Lipinski definition) is 1. The van der Waals surface area contributed by atoms with Crippen LogP contribution in [0.25, 0.3) is 0 Å². The third kappa shape index (κ3) is 2.13. The van der Waals surface area contributed by atoms with E-state index in [-0.39, 0.29) is 11.1 Å². The molecule has 0 saturated heterocycles. The summed E-state index contributed by atoms with van der Waals surface area (Å²) in [5.41, 5.74) is 0.669. The first-order valence-corrected chi connectivity index (χ1v) is 4.61. The summed E-state index contributed by atoms with van der Waals surface area (Å²) >= 11 is 0. The molecule has 86 valence electrons. The Morgan fingerprint density at radius 2 is 1.81 bits per heavy atom. The van der Waals surface area contributed by atoms with Gasteiger partial charge < -0.3 is 14.7 Å². The molecule has 0 heterocycles. The molecule has 16 heavy (non-hydrogen) atoms. The zero-order chi connectivity index (χ0) is 12.3. The van der Waals surface area contributed by atoms with Gasteiger partial charge in [0.15, 0.2) is 0 Å². The van der Waals surface area contributed by atoms with Crippen molar-refractivity contribution in [3.05, 3.63) is 29.3 Å². The largest absolute Gasteiger partial charge is 0.478 e. The quantitative estimate of drug-likeness (QED) is 0.781. The third-order valence-electron chi connectivity index (χ3n) is 2.12. The lowest BCUT2D eigenvalue weighted by molar-refractivity contribution is 0.0601. The predicted octanol–water partition coefficient (Wildman–Crippen LogP) is 1.24. The Bertz CT molecular complexity index is 426. The molecule has 0 fully saturated rings. The molecule has 0 saturated carbocycles. The lowest BCUT2D eigenvalue weighted by atomic mass is 10.1. The number of benzene rings is 1. The van der Waals surface area contributed by atoms with Crippen molar-refractivity contribution in [3.63, 3.8) is 0 Å². The predicted molar refractivity (Wildman–Crippen MR) is 59.1 cm³/mol. The molecule has 0 aromatic heterocycles. The molecule has 1 aromatic carbocycles. The molecule has 0 unspecified atom stereocenters. The number of carbonyl (C=O) groups is 2. The topological polar surface area (TPSA) is 66.8 Å². The van der Waals surface area contributed by atoms with Gasteiger partial charge in [0.2, 0.25) is 0 Å². The van der Waals surface area contributed by atoms with Gasteiger partial charge in [0.1, 0.15) is 0 Å². The normalized spacial score (nSPS) is 9.69. The molecule has 0 bridgehead atoms. The summed E-state index contributed by atoms with van der Waals surface area (Å²) in [4.78, 5) is 24.1. The molecule has 0 amide bonds. The summed E-state index contributed by atoms with van der Waals surface area (Å²) in [7, 11) is 4.61. The molecule has 0 aliphatic heterocycles. The maximum atomic E-state index is 11.5. The first kappa shape index (κ1) is 12.0. The number of anilines is 1. The summed E-state index contributed by atoms with van der Waals surface area (Å²) in [6.45, 7) is 0. The Hall–Kier alpha value is -2.04. The van der Waals surface area contributed by atoms with Crippen molar-refractivity contribution in [2.24, 2.45) is 0 Å². The number of carboxylic acids is 1. The SMILES string of the molecule is COC(=O)c1cccc(C(=O)O)c1N(C)C. The highest BCUT2D eigenvalue weighted by Gasteiger charge is 2.20. The number of nitrogens with zero attached hydrogens (tertiary/aromatic N) is 1. The van der Waals surface area contributed by atoms with Gasteiger partial charge in [0.05, 0.1) is 23.9 Å². The van der Waals surface area contributed by atoms with Gasteiger partial charge in [-0.05, 0) is 12.1 Å². The monoisotopic (exact) mass is 223 g/mol. The van der Waals surface area contributed by atoms with E-state index in [0.29, 0.717) is 5.69 Å². The van der Waals surface area contributed by atoms with E-state index in [1.165, 1.54) is 25.3 Å². The van der Waals surface area contributed by atoms with E-state index in [4.69, 9.17) is 5.11 Å². The van der Waals surface area contributed by atoms with Crippen molar-refractivity contribution in [1.82, 2.24) is 0 Å². The van der Waals surface area contributed by atoms with E-state index in [0.717, 1.165) is 0 Å². The number of hydrogen-bond acceptors (Lipinski definition) is 4. The van der Waals surface area contributed by atoms with Crippen LogP contribution in [0.1, 0.15) is 20.7 Å². The summed E-state index contributed by atoms with van der Waals surface area (Å²) in [5.74, 6) is -1.62. The molecule has 0 aliphatic carbocycles. The maximum Gasteiger partial charge on any atom is 0.339 e. The van der Waals surface area contributed by atoms with E-state index in [9.17, 15) is 9.59 Å². The highest BCUT2D eigenvalue weighted by Crippen LogP contribution is 2.24. The molecule has 1 aromatic rings. The molecule has 1 rings (SSSR count). The Labute approximate surface area is 93.2 Å². The number of carboxylic acid groups (broad SMARTS) is 1. The van der Waals surface area contributed by atoms with Gasteiger partial charge in [-0.2, -0.15) is 0 Å². The van der Waals surface area contributed by atoms with E-state index >= 15 is 0 Å². The van der Waals surface area contributed by atoms with Crippen LogP contribution < -0.4 is 4.90 Å². The Morgan fingerprint density at radius 3 is 2.25 bits per heavy atom. The van der Waals surface area contributed by atoms with Crippen LogP contribution in [-0.2, 0) is 4.74 Å². The first-order chi connectivity index (χ1) is 7.49. The Morgan fingerprint density at radius 1 is 1.25 bits per heavy atom. The smallest absolute Gasteiger partial charge is 0.339 e. The summed E-state index contributed by atoms with van der Waals surface area (Å²) in [6.07, 6.45) is 0. The second-order valence-corrected chi connectivity index (χ2v) is 3.39. The minimum absolute atomic E-state index is 0.0768. The number of ether oxygens (including phenoxy) is 1. The van der Waals surface area contributed by atoms with Crippen LogP contribution in [0.15, 0.2) is 18.2 Å². The molecule has 5 nitrogen and oxygen atoms in total. The van der Waals surface area contributed by atoms with E-state index in [2.05, 4.69) is 4.74 Å². The molecule has 0 radical (unpaired) electrons. The fourth-order valence-electron chi connectivity index (χ4n) is 1.47. The van der Waals surface area contributed by atoms with Crippen LogP contribution in [0, 0.1) is 0 Å². The van der Waals surface area contributed by atoms with E-state index in [1.807, 2.05) is 0 Å². The maximum absolute atomic E-state index is 11.5. The molecular formula is C11H13NO4. The van der Waals surface area contributed by atoms with Crippen molar-refractivity contribution in [1.29, 1.82) is 0 Å². The summed E-state index contributed by atoms with van der Waals surface area (Å²) in [6, 6.07) is 4.50. The molecule has 0 atom stereocenters. The van der Waals surface area contributed by atoms with E-state index in [1.54, 1.807) is 19.0 Å². The average Bonchev–Trinajstić information content (AvgIpc) is 2.26. The third-order valence-corrected chi connectivity index (χ3v) is 2.12. The Kier molecular flexibility index (Phi) is 3.50. The molecule has 5 heteroatoms. The van der Waals surface area contributed by atoms with Crippen molar-refractivity contribution < 1.29 is 19.4 Å². The number of para-hydroxylation sites is 1. The number of carbonyl (C=O) groups excluding carboxylic acids is 1. The van der Waals surface area contributed by atoms with Gasteiger partial charge in [0.25, 0.3) is 0 Å². The zero-order valence-corrected chi connectivity index (χ0v) is 9.35. The molecular weight excluding hydrogens is 210 g/mol. The lowest BCUT2D eigenvalue weighted by Crippen LogP contribution is -2.18. The minimum Gasteiger partial charge on any atom is -0.478 e. The van der Waals surface area contributed by atoms with E-state index < -0.39 is 11.9 Å². The van der Waals surface area contributed by atoms with Gasteiger partial charge in [0, 0.05) is 14.1 Å². The number of rotatable bonds is 3. The van der Waals surface area contributed by atoms with Crippen LogP contribution >= 0.6 is 0 Å². The van der Waals surface area contributed by atoms with Gasteiger partial charge in [-0.1, -0.05) is 6.07 Å². The number of methoxy groups -OCH3 is 1. The highest BCUT2D eigenvalue weighted by molar-refractivity contribution is 6.03. The van der Waals surface area contributed by atoms with Crippen LogP contribution in [0.5, 0.6) is 0 Å². The van der Waals surface area contributed by atoms with Gasteiger partial charge in [-0.15, -0.1) is 0 Å². The van der Waals surface area contributed by atoms with Crippen LogP contribution in [0.4, 0.5) is 5.69 Å². The molecule has 1 N–H and O–H groups in total.